The van der Waals surface area contributed by atoms with Gasteiger partial charge < -0.3 is 4.74 Å². The van der Waals surface area contributed by atoms with Gasteiger partial charge in [0.25, 0.3) is 10.0 Å². The van der Waals surface area contributed by atoms with Gasteiger partial charge in [-0.15, -0.1) is 11.3 Å². The zero-order valence-electron chi connectivity index (χ0n) is 23.7. The Bertz CT molecular complexity index is 1710. The topological polar surface area (TPSA) is 110 Å². The summed E-state index contributed by atoms with van der Waals surface area (Å²) >= 11 is 0.988. The average Bonchev–Trinajstić information content (AvgIpc) is 3.47. The fourth-order valence-electron chi connectivity index (χ4n) is 3.86. The van der Waals surface area contributed by atoms with Crippen molar-refractivity contribution in [3.05, 3.63) is 95.0 Å². The number of pyridine rings is 1. The third kappa shape index (κ3) is 8.64. The van der Waals surface area contributed by atoms with Crippen LogP contribution in [0.1, 0.15) is 37.5 Å². The fraction of sp³-hybridized carbons (Fsp3) is 0.233. The number of sulfonamides is 1. The molecule has 4 aromatic rings. The van der Waals surface area contributed by atoms with Crippen LogP contribution in [-0.2, 0) is 27.5 Å². The van der Waals surface area contributed by atoms with Gasteiger partial charge in [-0.05, 0) is 68.5 Å². The molecule has 0 spiro atoms. The Hall–Kier alpha value is -4.23. The molecule has 0 saturated carbocycles. The minimum Gasteiger partial charge on any atom is -0.444 e. The number of nitrogens with zero attached hydrogens (tertiary/aromatic N) is 2. The van der Waals surface area contributed by atoms with Crippen molar-refractivity contribution in [2.75, 3.05) is 0 Å². The second kappa shape index (κ2) is 12.6. The van der Waals surface area contributed by atoms with E-state index in [0.29, 0.717) is 22.4 Å². The molecule has 1 amide bonds. The molecule has 0 radical (unpaired) electrons. The van der Waals surface area contributed by atoms with E-state index < -0.39 is 33.5 Å². The number of alkyl carbamates (subject to hydrolysis) is 1. The minimum atomic E-state index is -4.49. The molecule has 0 fully saturated rings. The molecule has 0 unspecified atom stereocenters. The lowest BCUT2D eigenvalue weighted by Crippen LogP contribution is -2.45. The molecule has 2 aromatic carbocycles. The van der Waals surface area contributed by atoms with E-state index in [9.17, 15) is 26.4 Å². The highest BCUT2D eigenvalue weighted by atomic mass is 32.2. The first-order chi connectivity index (χ1) is 20.1. The summed E-state index contributed by atoms with van der Waals surface area (Å²) in [6, 6.07) is 17.0. The van der Waals surface area contributed by atoms with Crippen LogP contribution in [0.5, 0.6) is 0 Å². The smallest absolute Gasteiger partial charge is 0.416 e. The SMILES string of the molecule is Cc1ccc(-c2ncc(CN=C(NC(=O)OC(C)(C)C)NS(=O)(=O)c3cccs3)cc2-c2ccc(C(F)(F)F)cc2)cc1. The van der Waals surface area contributed by atoms with Gasteiger partial charge >= 0.3 is 12.3 Å². The van der Waals surface area contributed by atoms with Crippen LogP contribution in [-0.4, -0.2) is 31.1 Å². The predicted molar refractivity (Wildman–Crippen MR) is 160 cm³/mol. The van der Waals surface area contributed by atoms with Gasteiger partial charge in [-0.1, -0.05) is 48.0 Å². The molecule has 2 heterocycles. The van der Waals surface area contributed by atoms with Crippen LogP contribution in [0.25, 0.3) is 22.4 Å². The van der Waals surface area contributed by atoms with Gasteiger partial charge in [-0.25, -0.2) is 22.9 Å². The summed E-state index contributed by atoms with van der Waals surface area (Å²) in [6.45, 7) is 6.77. The first kappa shape index (κ1) is 31.7. The maximum absolute atomic E-state index is 13.2. The molecule has 0 aliphatic rings. The summed E-state index contributed by atoms with van der Waals surface area (Å²) < 4.78 is 73.0. The van der Waals surface area contributed by atoms with Crippen LogP contribution in [0.4, 0.5) is 18.0 Å². The molecule has 8 nitrogen and oxygen atoms in total. The lowest BCUT2D eigenvalue weighted by molar-refractivity contribution is -0.137. The van der Waals surface area contributed by atoms with Crippen LogP contribution in [0.3, 0.4) is 0 Å². The number of nitrogens with one attached hydrogen (secondary N) is 2. The Morgan fingerprint density at radius 2 is 1.65 bits per heavy atom. The molecule has 0 bridgehead atoms. The number of thiophene rings is 1. The number of ether oxygens (including phenoxy) is 1. The standard InChI is InChI=1S/C30H29F3N4O4S2/c1-19-7-9-22(10-8-19)26-24(21-11-13-23(14-12-21)30(31,32)33)16-20(17-34-26)18-35-27(36-28(38)41-29(2,3)4)37-43(39,40)25-6-5-15-42-25/h5-17H,18H2,1-4H3,(H2,35,36,37,38). The first-order valence-electron chi connectivity index (χ1n) is 13.0. The molecule has 43 heavy (non-hydrogen) atoms. The average molecular weight is 631 g/mol. The van der Waals surface area contributed by atoms with E-state index in [-0.39, 0.29) is 16.7 Å². The number of carbonyl (C=O) groups is 1. The predicted octanol–water partition coefficient (Wildman–Crippen LogP) is 7.16. The Balaban J connectivity index is 1.72. The molecular formula is C30H29F3N4O4S2. The van der Waals surface area contributed by atoms with Crippen molar-refractivity contribution in [3.63, 3.8) is 0 Å². The number of hydrogen-bond donors (Lipinski definition) is 2. The fourth-order valence-corrected chi connectivity index (χ4v) is 5.83. The summed E-state index contributed by atoms with van der Waals surface area (Å²) in [4.78, 5) is 21.3. The number of guanidine groups is 1. The lowest BCUT2D eigenvalue weighted by atomic mass is 9.96. The van der Waals surface area contributed by atoms with E-state index in [1.165, 1.54) is 24.4 Å². The van der Waals surface area contributed by atoms with Gasteiger partial charge in [0.2, 0.25) is 5.96 Å². The normalized spacial score (nSPS) is 12.6. The summed E-state index contributed by atoms with van der Waals surface area (Å²) in [5.41, 5.74) is 2.24. The van der Waals surface area contributed by atoms with E-state index in [2.05, 4.69) is 20.0 Å². The summed E-state index contributed by atoms with van der Waals surface area (Å²) in [6.07, 6.45) is -3.87. The van der Waals surface area contributed by atoms with Crippen molar-refractivity contribution in [1.29, 1.82) is 0 Å². The second-order valence-corrected chi connectivity index (χ2v) is 13.4. The van der Waals surface area contributed by atoms with Gasteiger partial charge in [0, 0.05) is 17.3 Å². The number of benzene rings is 2. The third-order valence-electron chi connectivity index (χ3n) is 5.82. The maximum atomic E-state index is 13.2. The van der Waals surface area contributed by atoms with Gasteiger partial charge in [-0.3, -0.25) is 10.3 Å². The highest BCUT2D eigenvalue weighted by Crippen LogP contribution is 2.35. The van der Waals surface area contributed by atoms with Crippen molar-refractivity contribution in [1.82, 2.24) is 15.0 Å². The van der Waals surface area contributed by atoms with E-state index in [4.69, 9.17) is 4.74 Å². The zero-order chi connectivity index (χ0) is 31.4. The summed E-state index contributed by atoms with van der Waals surface area (Å²) in [5, 5.41) is 3.94. The molecule has 0 saturated heterocycles. The Labute approximate surface area is 251 Å². The Morgan fingerprint density at radius 3 is 2.23 bits per heavy atom. The Kier molecular flexibility index (Phi) is 9.26. The van der Waals surface area contributed by atoms with E-state index in [1.807, 2.05) is 31.2 Å². The number of hydrogen-bond acceptors (Lipinski definition) is 7. The molecule has 0 aliphatic heterocycles. The van der Waals surface area contributed by atoms with E-state index in [0.717, 1.165) is 34.6 Å². The molecule has 0 atom stereocenters. The molecule has 13 heteroatoms. The number of carbonyl (C=O) groups excluding carboxylic acids is 1. The van der Waals surface area contributed by atoms with Crippen molar-refractivity contribution in [2.24, 2.45) is 4.99 Å². The van der Waals surface area contributed by atoms with Crippen LogP contribution in [0.15, 0.2) is 87.5 Å². The number of alkyl halides is 3. The van der Waals surface area contributed by atoms with Gasteiger partial charge in [0.05, 0.1) is 17.8 Å². The summed E-state index contributed by atoms with van der Waals surface area (Å²) in [5.74, 6) is -0.374. The molecule has 226 valence electrons. The minimum absolute atomic E-state index is 0.0138. The third-order valence-corrected chi connectivity index (χ3v) is 8.56. The Morgan fingerprint density at radius 1 is 1.00 bits per heavy atom. The maximum Gasteiger partial charge on any atom is 0.416 e. The quantitative estimate of drug-likeness (QED) is 0.174. The number of aliphatic imine (C=N–C) groups is 1. The molecule has 4 rings (SSSR count). The second-order valence-electron chi connectivity index (χ2n) is 10.5. The molecule has 2 aromatic heterocycles. The monoisotopic (exact) mass is 630 g/mol. The van der Waals surface area contributed by atoms with Gasteiger partial charge in [0.1, 0.15) is 9.81 Å². The van der Waals surface area contributed by atoms with Crippen LogP contribution in [0.2, 0.25) is 0 Å². The van der Waals surface area contributed by atoms with Gasteiger partial charge in [-0.2, -0.15) is 13.2 Å². The number of halogens is 3. The number of aromatic nitrogens is 1. The highest BCUT2D eigenvalue weighted by Gasteiger charge is 2.30. The van der Waals surface area contributed by atoms with Crippen LogP contribution in [0, 0.1) is 6.92 Å². The highest BCUT2D eigenvalue weighted by molar-refractivity contribution is 7.92. The van der Waals surface area contributed by atoms with Crippen molar-refractivity contribution in [3.8, 4) is 22.4 Å². The zero-order valence-corrected chi connectivity index (χ0v) is 25.3. The van der Waals surface area contributed by atoms with Crippen molar-refractivity contribution >= 4 is 33.4 Å². The molecule has 2 N–H and O–H groups in total. The number of amides is 1. The summed E-state index contributed by atoms with van der Waals surface area (Å²) in [7, 11) is -4.06. The first-order valence-corrected chi connectivity index (χ1v) is 15.3. The number of rotatable bonds is 6. The lowest BCUT2D eigenvalue weighted by Gasteiger charge is -2.20. The largest absolute Gasteiger partial charge is 0.444 e. The van der Waals surface area contributed by atoms with E-state index >= 15 is 0 Å². The van der Waals surface area contributed by atoms with Crippen LogP contribution < -0.4 is 10.0 Å². The van der Waals surface area contributed by atoms with E-state index in [1.54, 1.807) is 38.3 Å². The van der Waals surface area contributed by atoms with Crippen molar-refractivity contribution < 1.29 is 31.1 Å². The van der Waals surface area contributed by atoms with Gasteiger partial charge in [0.15, 0.2) is 0 Å². The molecular weight excluding hydrogens is 601 g/mol. The van der Waals surface area contributed by atoms with Crippen molar-refractivity contribution in [2.45, 2.75) is 50.2 Å². The number of aryl methyl sites for hydroxylation is 1. The van der Waals surface area contributed by atoms with Crippen LogP contribution >= 0.6 is 11.3 Å². The molecule has 0 aliphatic carbocycles.